The van der Waals surface area contributed by atoms with Crippen molar-refractivity contribution in [3.05, 3.63) is 58.1 Å². The molecular weight excluding hydrogens is 359 g/mol. The molecule has 0 unspecified atom stereocenters. The smallest absolute Gasteiger partial charge is 0.312 e. The summed E-state index contributed by atoms with van der Waals surface area (Å²) in [7, 11) is -3.54. The third kappa shape index (κ3) is 4.96. The molecule has 2 rings (SSSR count). The van der Waals surface area contributed by atoms with E-state index in [-0.39, 0.29) is 27.8 Å². The molecule has 2 aromatic rings. The number of hydrogen-bond acceptors (Lipinski definition) is 4. The summed E-state index contributed by atoms with van der Waals surface area (Å²) in [6.45, 7) is 1.86. The Morgan fingerprint density at radius 2 is 1.74 bits per heavy atom. The highest BCUT2D eigenvalue weighted by molar-refractivity contribution is 7.91. The molecule has 0 bridgehead atoms. The number of carbonyl (C=O) groups is 1. The summed E-state index contributed by atoms with van der Waals surface area (Å²) in [5.41, 5.74) is 0.959. The summed E-state index contributed by atoms with van der Waals surface area (Å²) in [5, 5.41) is 0.601. The summed E-state index contributed by atoms with van der Waals surface area (Å²) in [4.78, 5) is 12.0. The van der Waals surface area contributed by atoms with Crippen LogP contribution >= 0.6 is 23.2 Å². The molecular formula is C16H14Cl2O4S. The third-order valence-electron chi connectivity index (χ3n) is 3.07. The molecule has 4 nitrogen and oxygen atoms in total. The lowest BCUT2D eigenvalue weighted by Crippen LogP contribution is -2.15. The Kier molecular flexibility index (Phi) is 5.68. The zero-order chi connectivity index (χ0) is 17.0. The van der Waals surface area contributed by atoms with Gasteiger partial charge in [0.2, 0.25) is 0 Å². The average Bonchev–Trinajstić information content (AvgIpc) is 2.49. The summed E-state index contributed by atoms with van der Waals surface area (Å²) in [6.07, 6.45) is -0.269. The minimum atomic E-state index is -3.54. The lowest BCUT2D eigenvalue weighted by atomic mass is 10.2. The Bertz CT molecular complexity index is 814. The van der Waals surface area contributed by atoms with E-state index in [0.29, 0.717) is 5.02 Å². The minimum absolute atomic E-state index is 0.147. The van der Waals surface area contributed by atoms with Gasteiger partial charge in [0.25, 0.3) is 0 Å². The first-order valence-corrected chi connectivity index (χ1v) is 9.14. The number of hydrogen-bond donors (Lipinski definition) is 0. The Labute approximate surface area is 144 Å². The van der Waals surface area contributed by atoms with Crippen molar-refractivity contribution in [3.63, 3.8) is 0 Å². The van der Waals surface area contributed by atoms with Gasteiger partial charge < -0.3 is 4.74 Å². The van der Waals surface area contributed by atoms with Gasteiger partial charge in [-0.2, -0.15) is 0 Å². The highest BCUT2D eigenvalue weighted by Gasteiger charge is 2.18. The highest BCUT2D eigenvalue weighted by atomic mass is 35.5. The molecule has 0 spiro atoms. The first-order valence-electron chi connectivity index (χ1n) is 6.73. The Hall–Kier alpha value is -1.56. The maximum atomic E-state index is 12.2. The second-order valence-electron chi connectivity index (χ2n) is 4.93. The van der Waals surface area contributed by atoms with Gasteiger partial charge in [-0.25, -0.2) is 8.42 Å². The number of rotatable bonds is 5. The van der Waals surface area contributed by atoms with E-state index in [9.17, 15) is 13.2 Å². The van der Waals surface area contributed by atoms with Crippen LogP contribution < -0.4 is 4.74 Å². The van der Waals surface area contributed by atoms with Gasteiger partial charge in [-0.1, -0.05) is 40.9 Å². The molecule has 2 aromatic carbocycles. The Morgan fingerprint density at radius 3 is 2.35 bits per heavy atom. The maximum absolute atomic E-state index is 12.2. The third-order valence-corrected chi connectivity index (χ3v) is 5.34. The van der Waals surface area contributed by atoms with Gasteiger partial charge in [0, 0.05) is 5.02 Å². The van der Waals surface area contributed by atoms with Gasteiger partial charge in [0.05, 0.1) is 22.1 Å². The standard InChI is InChI=1S/C16H14Cl2O4S/c1-11-2-5-13(6-3-11)23(20,21)9-8-16(19)22-15-7-4-12(17)10-14(15)18/h2-7,10H,8-9H2,1H3. The van der Waals surface area contributed by atoms with Crippen LogP contribution in [0, 0.1) is 6.92 Å². The molecule has 0 aliphatic carbocycles. The monoisotopic (exact) mass is 372 g/mol. The summed E-state index contributed by atoms with van der Waals surface area (Å²) in [6, 6.07) is 10.9. The molecule has 0 N–H and O–H groups in total. The van der Waals surface area contributed by atoms with E-state index < -0.39 is 15.8 Å². The second kappa shape index (κ2) is 7.34. The van der Waals surface area contributed by atoms with E-state index in [0.717, 1.165) is 5.56 Å². The van der Waals surface area contributed by atoms with Gasteiger partial charge in [0.1, 0.15) is 5.75 Å². The fraction of sp³-hybridized carbons (Fsp3) is 0.188. The van der Waals surface area contributed by atoms with Crippen molar-refractivity contribution >= 4 is 39.0 Å². The van der Waals surface area contributed by atoms with Gasteiger partial charge >= 0.3 is 5.97 Å². The van der Waals surface area contributed by atoms with Crippen LogP contribution in [-0.4, -0.2) is 20.1 Å². The van der Waals surface area contributed by atoms with Crippen LogP contribution in [0.25, 0.3) is 0 Å². The van der Waals surface area contributed by atoms with Crippen molar-refractivity contribution in [1.29, 1.82) is 0 Å². The van der Waals surface area contributed by atoms with Crippen LogP contribution in [0.5, 0.6) is 5.75 Å². The number of halogens is 2. The molecule has 0 heterocycles. The predicted octanol–water partition coefficient (Wildman–Crippen LogP) is 4.07. The number of esters is 1. The molecule has 0 saturated heterocycles. The molecule has 122 valence electrons. The van der Waals surface area contributed by atoms with Gasteiger partial charge in [-0.15, -0.1) is 0 Å². The van der Waals surface area contributed by atoms with Crippen LogP contribution in [0.15, 0.2) is 47.4 Å². The maximum Gasteiger partial charge on any atom is 0.312 e. The van der Waals surface area contributed by atoms with Crippen molar-refractivity contribution < 1.29 is 17.9 Å². The molecule has 0 radical (unpaired) electrons. The van der Waals surface area contributed by atoms with E-state index in [1.807, 2.05) is 6.92 Å². The first kappa shape index (κ1) is 17.8. The highest BCUT2D eigenvalue weighted by Crippen LogP contribution is 2.27. The van der Waals surface area contributed by atoms with Gasteiger partial charge in [-0.05, 0) is 37.3 Å². The fourth-order valence-corrected chi connectivity index (χ4v) is 3.48. The first-order chi connectivity index (χ1) is 10.8. The number of benzene rings is 2. The summed E-state index contributed by atoms with van der Waals surface area (Å²) < 4.78 is 29.4. The van der Waals surface area contributed by atoms with E-state index >= 15 is 0 Å². The fourth-order valence-electron chi connectivity index (χ4n) is 1.81. The van der Waals surface area contributed by atoms with E-state index in [1.165, 1.54) is 30.3 Å². The van der Waals surface area contributed by atoms with Crippen molar-refractivity contribution in [2.75, 3.05) is 5.75 Å². The van der Waals surface area contributed by atoms with Crippen LogP contribution in [0.4, 0.5) is 0 Å². The lowest BCUT2D eigenvalue weighted by molar-refractivity contribution is -0.133. The molecule has 0 amide bonds. The minimum Gasteiger partial charge on any atom is -0.425 e. The molecule has 0 aromatic heterocycles. The van der Waals surface area contributed by atoms with Crippen LogP contribution in [0.3, 0.4) is 0 Å². The molecule has 23 heavy (non-hydrogen) atoms. The molecule has 0 fully saturated rings. The SMILES string of the molecule is Cc1ccc(S(=O)(=O)CCC(=O)Oc2ccc(Cl)cc2Cl)cc1. The van der Waals surface area contributed by atoms with Crippen LogP contribution in [-0.2, 0) is 14.6 Å². The van der Waals surface area contributed by atoms with E-state index in [4.69, 9.17) is 27.9 Å². The molecule has 0 aliphatic heterocycles. The molecule has 0 atom stereocenters. The molecule has 7 heteroatoms. The van der Waals surface area contributed by atoms with Crippen molar-refractivity contribution in [2.45, 2.75) is 18.2 Å². The zero-order valence-corrected chi connectivity index (χ0v) is 14.6. The lowest BCUT2D eigenvalue weighted by Gasteiger charge is -2.07. The summed E-state index contributed by atoms with van der Waals surface area (Å²) >= 11 is 11.6. The van der Waals surface area contributed by atoms with E-state index in [2.05, 4.69) is 0 Å². The summed E-state index contributed by atoms with van der Waals surface area (Å²) in [5.74, 6) is -0.862. The predicted molar refractivity (Wildman–Crippen MR) is 89.9 cm³/mol. The van der Waals surface area contributed by atoms with Crippen molar-refractivity contribution in [2.24, 2.45) is 0 Å². The second-order valence-corrected chi connectivity index (χ2v) is 7.88. The number of ether oxygens (including phenoxy) is 1. The largest absolute Gasteiger partial charge is 0.425 e. The normalized spacial score (nSPS) is 11.3. The Morgan fingerprint density at radius 1 is 1.09 bits per heavy atom. The van der Waals surface area contributed by atoms with E-state index in [1.54, 1.807) is 12.1 Å². The number of carbonyl (C=O) groups excluding carboxylic acids is 1. The van der Waals surface area contributed by atoms with Gasteiger partial charge in [-0.3, -0.25) is 4.79 Å². The molecule has 0 aliphatic rings. The topological polar surface area (TPSA) is 60.4 Å². The number of aryl methyl sites for hydroxylation is 1. The van der Waals surface area contributed by atoms with Crippen molar-refractivity contribution in [1.82, 2.24) is 0 Å². The molecule has 0 saturated carbocycles. The zero-order valence-electron chi connectivity index (χ0n) is 12.3. The van der Waals surface area contributed by atoms with Crippen molar-refractivity contribution in [3.8, 4) is 5.75 Å². The quantitative estimate of drug-likeness (QED) is 0.586. The Balaban J connectivity index is 1.99. The van der Waals surface area contributed by atoms with Crippen LogP contribution in [0.1, 0.15) is 12.0 Å². The number of sulfone groups is 1. The van der Waals surface area contributed by atoms with Crippen LogP contribution in [0.2, 0.25) is 10.0 Å². The average molecular weight is 373 g/mol. The van der Waals surface area contributed by atoms with Gasteiger partial charge in [0.15, 0.2) is 9.84 Å².